The Morgan fingerprint density at radius 3 is 2.96 bits per heavy atom. The fourth-order valence-corrected chi connectivity index (χ4v) is 3.86. The van der Waals surface area contributed by atoms with Crippen molar-refractivity contribution in [3.63, 3.8) is 0 Å². The zero-order valence-corrected chi connectivity index (χ0v) is 13.7. The van der Waals surface area contributed by atoms with Gasteiger partial charge in [-0.2, -0.15) is 0 Å². The second-order valence-corrected chi connectivity index (χ2v) is 6.84. The van der Waals surface area contributed by atoms with E-state index < -0.39 is 5.97 Å². The maximum atomic E-state index is 11.1. The number of hydrogen-bond donors (Lipinski definition) is 1. The molecule has 2 aromatic rings. The first-order valence-corrected chi connectivity index (χ1v) is 8.37. The van der Waals surface area contributed by atoms with Gasteiger partial charge in [0.25, 0.3) is 0 Å². The van der Waals surface area contributed by atoms with E-state index in [2.05, 4.69) is 17.0 Å². The molecule has 126 valence electrons. The highest BCUT2D eigenvalue weighted by atomic mass is 16.5. The number of para-hydroxylation sites is 1. The lowest BCUT2D eigenvalue weighted by molar-refractivity contribution is 0.0530. The predicted octanol–water partition coefficient (Wildman–Crippen LogP) is 3.26. The topological polar surface area (TPSA) is 62.9 Å². The van der Waals surface area contributed by atoms with Crippen LogP contribution in [0, 0.1) is 6.92 Å². The Labute approximate surface area is 140 Å². The average Bonchev–Trinajstić information content (AvgIpc) is 3.11. The molecule has 1 saturated heterocycles. The fourth-order valence-electron chi connectivity index (χ4n) is 3.86. The summed E-state index contributed by atoms with van der Waals surface area (Å²) in [6, 6.07) is 9.89. The number of carboxylic acids is 1. The number of fused-ring (bicyclic) bond motifs is 1. The van der Waals surface area contributed by atoms with E-state index >= 15 is 0 Å². The molecule has 1 aromatic heterocycles. The van der Waals surface area contributed by atoms with E-state index in [1.54, 1.807) is 13.0 Å². The first-order chi connectivity index (χ1) is 11.5. The molecule has 0 saturated carbocycles. The van der Waals surface area contributed by atoms with Gasteiger partial charge in [-0.15, -0.1) is 0 Å². The van der Waals surface area contributed by atoms with Crippen molar-refractivity contribution in [2.45, 2.75) is 38.3 Å². The summed E-state index contributed by atoms with van der Waals surface area (Å²) in [5, 5.41) is 9.14. The summed E-state index contributed by atoms with van der Waals surface area (Å²) in [5.74, 6) is 1.24. The second kappa shape index (κ2) is 5.67. The lowest BCUT2D eigenvalue weighted by Gasteiger charge is -2.35. The minimum Gasteiger partial charge on any atom is -0.486 e. The van der Waals surface area contributed by atoms with Crippen LogP contribution in [0.2, 0.25) is 0 Å². The molecule has 2 aliphatic rings. The maximum Gasteiger partial charge on any atom is 0.339 e. The number of rotatable bonds is 3. The van der Waals surface area contributed by atoms with Crippen molar-refractivity contribution in [3.8, 4) is 5.75 Å². The molecule has 0 aliphatic carbocycles. The minimum atomic E-state index is -0.937. The van der Waals surface area contributed by atoms with Gasteiger partial charge in [-0.25, -0.2) is 4.79 Å². The number of likely N-dealkylation sites (tertiary alicyclic amines) is 1. The van der Waals surface area contributed by atoms with E-state index in [0.29, 0.717) is 18.1 Å². The van der Waals surface area contributed by atoms with E-state index in [4.69, 9.17) is 14.3 Å². The van der Waals surface area contributed by atoms with Gasteiger partial charge in [0.15, 0.2) is 0 Å². The van der Waals surface area contributed by atoms with Gasteiger partial charge in [0, 0.05) is 19.5 Å². The average molecular weight is 327 g/mol. The lowest BCUT2D eigenvalue weighted by Crippen LogP contribution is -2.42. The van der Waals surface area contributed by atoms with Gasteiger partial charge in [-0.05, 0) is 37.5 Å². The molecule has 1 N–H and O–H groups in total. The normalized spacial score (nSPS) is 23.2. The number of ether oxygens (including phenoxy) is 1. The maximum absolute atomic E-state index is 11.1. The quantitative estimate of drug-likeness (QED) is 0.937. The Balaban J connectivity index is 1.46. The van der Waals surface area contributed by atoms with Crippen LogP contribution in [0.5, 0.6) is 5.75 Å². The summed E-state index contributed by atoms with van der Waals surface area (Å²) in [7, 11) is 0. The summed E-state index contributed by atoms with van der Waals surface area (Å²) in [5.41, 5.74) is 1.42. The summed E-state index contributed by atoms with van der Waals surface area (Å²) < 4.78 is 12.0. The zero-order chi connectivity index (χ0) is 16.7. The fraction of sp³-hybridized carbons (Fsp3) is 0.421. The standard InChI is InChI=1S/C19H21NO4/c1-13-16(18(21)22)10-15(23-13)11-20-9-8-19(12-20)7-6-14-4-2-3-5-17(14)24-19/h2-5,10H,6-9,11-12H2,1H3,(H,21,22). The van der Waals surface area contributed by atoms with Crippen molar-refractivity contribution >= 4 is 5.97 Å². The van der Waals surface area contributed by atoms with Crippen molar-refractivity contribution in [1.29, 1.82) is 0 Å². The predicted molar refractivity (Wildman–Crippen MR) is 88.4 cm³/mol. The third-order valence-corrected chi connectivity index (χ3v) is 5.12. The number of hydrogen-bond acceptors (Lipinski definition) is 4. The molecule has 0 radical (unpaired) electrons. The zero-order valence-electron chi connectivity index (χ0n) is 13.7. The Morgan fingerprint density at radius 1 is 1.33 bits per heavy atom. The number of nitrogens with zero attached hydrogens (tertiary/aromatic N) is 1. The van der Waals surface area contributed by atoms with E-state index in [9.17, 15) is 4.79 Å². The number of benzene rings is 1. The summed E-state index contributed by atoms with van der Waals surface area (Å²) in [6.45, 7) is 4.11. The molecule has 1 unspecified atom stereocenters. The van der Waals surface area contributed by atoms with E-state index in [0.717, 1.165) is 38.1 Å². The SMILES string of the molecule is Cc1oc(CN2CCC3(CCc4ccccc4O3)C2)cc1C(=O)O. The number of furan rings is 1. The minimum absolute atomic E-state index is 0.119. The van der Waals surface area contributed by atoms with Crippen LogP contribution in [0.4, 0.5) is 0 Å². The largest absolute Gasteiger partial charge is 0.486 e. The molecule has 24 heavy (non-hydrogen) atoms. The van der Waals surface area contributed by atoms with Gasteiger partial charge >= 0.3 is 5.97 Å². The lowest BCUT2D eigenvalue weighted by atomic mass is 9.90. The molecule has 2 aliphatic heterocycles. The van der Waals surface area contributed by atoms with Gasteiger partial charge in [0.1, 0.15) is 28.4 Å². The highest BCUT2D eigenvalue weighted by Gasteiger charge is 2.42. The van der Waals surface area contributed by atoms with E-state index in [-0.39, 0.29) is 11.2 Å². The molecule has 3 heterocycles. The molecule has 1 atom stereocenters. The van der Waals surface area contributed by atoms with Gasteiger partial charge in [0.05, 0.1) is 6.54 Å². The van der Waals surface area contributed by atoms with Crippen LogP contribution in [-0.4, -0.2) is 34.7 Å². The van der Waals surface area contributed by atoms with E-state index in [1.165, 1.54) is 5.56 Å². The number of aryl methyl sites for hydroxylation is 2. The molecule has 4 rings (SSSR count). The van der Waals surface area contributed by atoms with Gasteiger partial charge in [0.2, 0.25) is 0 Å². The van der Waals surface area contributed by atoms with Crippen LogP contribution in [0.1, 0.15) is 40.3 Å². The monoisotopic (exact) mass is 327 g/mol. The van der Waals surface area contributed by atoms with Crippen molar-refractivity contribution in [1.82, 2.24) is 4.90 Å². The van der Waals surface area contributed by atoms with Crippen LogP contribution >= 0.6 is 0 Å². The third-order valence-electron chi connectivity index (χ3n) is 5.12. The molecular weight excluding hydrogens is 306 g/mol. The van der Waals surface area contributed by atoms with Crippen molar-refractivity contribution in [2.24, 2.45) is 0 Å². The van der Waals surface area contributed by atoms with Gasteiger partial charge < -0.3 is 14.3 Å². The van der Waals surface area contributed by atoms with Crippen molar-refractivity contribution in [3.05, 3.63) is 53.0 Å². The van der Waals surface area contributed by atoms with Crippen molar-refractivity contribution in [2.75, 3.05) is 13.1 Å². The Kier molecular flexibility index (Phi) is 3.61. The van der Waals surface area contributed by atoms with Crippen LogP contribution < -0.4 is 4.74 Å². The molecule has 0 amide bonds. The number of aromatic carboxylic acids is 1. The third kappa shape index (κ3) is 2.69. The number of carboxylic acid groups (broad SMARTS) is 1. The van der Waals surface area contributed by atoms with Crippen molar-refractivity contribution < 1.29 is 19.1 Å². The first kappa shape index (κ1) is 15.3. The Morgan fingerprint density at radius 2 is 2.17 bits per heavy atom. The van der Waals surface area contributed by atoms with Crippen LogP contribution in [-0.2, 0) is 13.0 Å². The van der Waals surface area contributed by atoms with E-state index in [1.807, 2.05) is 12.1 Å². The smallest absolute Gasteiger partial charge is 0.339 e. The second-order valence-electron chi connectivity index (χ2n) is 6.84. The molecule has 1 fully saturated rings. The molecule has 1 aromatic carbocycles. The summed E-state index contributed by atoms with van der Waals surface area (Å²) in [4.78, 5) is 13.4. The molecule has 1 spiro atoms. The van der Waals surface area contributed by atoms with Crippen LogP contribution in [0.15, 0.2) is 34.7 Å². The van der Waals surface area contributed by atoms with Gasteiger partial charge in [-0.1, -0.05) is 18.2 Å². The Bertz CT molecular complexity index is 781. The van der Waals surface area contributed by atoms with Crippen LogP contribution in [0.25, 0.3) is 0 Å². The summed E-state index contributed by atoms with van der Waals surface area (Å²) >= 11 is 0. The highest BCUT2D eigenvalue weighted by Crippen LogP contribution is 2.39. The van der Waals surface area contributed by atoms with Crippen LogP contribution in [0.3, 0.4) is 0 Å². The molecular formula is C19H21NO4. The molecule has 5 nitrogen and oxygen atoms in total. The Hall–Kier alpha value is -2.27. The summed E-state index contributed by atoms with van der Waals surface area (Å²) in [6.07, 6.45) is 3.07. The first-order valence-electron chi connectivity index (χ1n) is 8.37. The van der Waals surface area contributed by atoms with Gasteiger partial charge in [-0.3, -0.25) is 4.90 Å². The highest BCUT2D eigenvalue weighted by molar-refractivity contribution is 5.88. The molecule has 5 heteroatoms. The molecule has 0 bridgehead atoms. The number of carbonyl (C=O) groups is 1.